The lowest BCUT2D eigenvalue weighted by molar-refractivity contribution is 0.486. The fraction of sp³-hybridized carbons (Fsp3) is 0.333. The van der Waals surface area contributed by atoms with E-state index in [2.05, 4.69) is 15.9 Å². The SMILES string of the molecule is CCN(C)S(=O)(=O)c1cc(N)ccc1Br. The third-order valence-electron chi connectivity index (χ3n) is 2.09. The first-order chi connectivity index (χ1) is 6.89. The van der Waals surface area contributed by atoms with Gasteiger partial charge in [-0.25, -0.2) is 12.7 Å². The molecule has 0 aliphatic carbocycles. The first kappa shape index (κ1) is 12.5. The predicted octanol–water partition coefficient (Wildman–Crippen LogP) is 1.67. The lowest BCUT2D eigenvalue weighted by Gasteiger charge is -2.16. The molecule has 0 atom stereocenters. The number of hydrogen-bond donors (Lipinski definition) is 1. The van der Waals surface area contributed by atoms with Gasteiger partial charge in [-0.2, -0.15) is 0 Å². The number of hydrogen-bond acceptors (Lipinski definition) is 3. The second-order valence-electron chi connectivity index (χ2n) is 3.11. The molecule has 0 saturated heterocycles. The van der Waals surface area contributed by atoms with E-state index in [1.807, 2.05) is 0 Å². The van der Waals surface area contributed by atoms with Crippen molar-refractivity contribution in [2.75, 3.05) is 19.3 Å². The maximum absolute atomic E-state index is 12.0. The molecule has 0 saturated carbocycles. The minimum absolute atomic E-state index is 0.201. The molecule has 84 valence electrons. The van der Waals surface area contributed by atoms with Gasteiger partial charge in [-0.05, 0) is 34.1 Å². The molecule has 0 radical (unpaired) electrons. The Kier molecular flexibility index (Phi) is 3.75. The molecule has 6 heteroatoms. The Morgan fingerprint density at radius 1 is 1.47 bits per heavy atom. The van der Waals surface area contributed by atoms with Gasteiger partial charge in [-0.3, -0.25) is 0 Å². The fourth-order valence-corrected chi connectivity index (χ4v) is 3.19. The van der Waals surface area contributed by atoms with Crippen molar-refractivity contribution < 1.29 is 8.42 Å². The summed E-state index contributed by atoms with van der Waals surface area (Å²) in [4.78, 5) is 0.201. The molecule has 2 N–H and O–H groups in total. The van der Waals surface area contributed by atoms with Crippen LogP contribution in [0.25, 0.3) is 0 Å². The molecule has 0 amide bonds. The Labute approximate surface area is 98.3 Å². The standard InChI is InChI=1S/C9H13BrN2O2S/c1-3-12(2)15(13,14)9-6-7(11)4-5-8(9)10/h4-6H,3,11H2,1-2H3. The average Bonchev–Trinajstić information content (AvgIpc) is 2.20. The molecule has 1 aromatic rings. The summed E-state index contributed by atoms with van der Waals surface area (Å²) in [5.41, 5.74) is 5.99. The van der Waals surface area contributed by atoms with Crippen LogP contribution < -0.4 is 5.73 Å². The molecule has 4 nitrogen and oxygen atoms in total. The van der Waals surface area contributed by atoms with E-state index in [1.165, 1.54) is 17.4 Å². The summed E-state index contributed by atoms with van der Waals surface area (Å²) in [7, 11) is -1.90. The van der Waals surface area contributed by atoms with Crippen LogP contribution >= 0.6 is 15.9 Å². The van der Waals surface area contributed by atoms with Crippen molar-refractivity contribution in [1.29, 1.82) is 0 Å². The smallest absolute Gasteiger partial charge is 0.244 e. The van der Waals surface area contributed by atoms with E-state index >= 15 is 0 Å². The highest BCUT2D eigenvalue weighted by molar-refractivity contribution is 9.10. The van der Waals surface area contributed by atoms with E-state index < -0.39 is 10.0 Å². The number of nitrogens with two attached hydrogens (primary N) is 1. The third-order valence-corrected chi connectivity index (χ3v) is 5.02. The van der Waals surface area contributed by atoms with Crippen molar-refractivity contribution in [3.05, 3.63) is 22.7 Å². The van der Waals surface area contributed by atoms with Crippen LogP contribution in [0.15, 0.2) is 27.6 Å². The van der Waals surface area contributed by atoms with Crippen LogP contribution in [-0.2, 0) is 10.0 Å². The minimum atomic E-state index is -3.44. The van der Waals surface area contributed by atoms with Crippen LogP contribution in [0, 0.1) is 0 Å². The highest BCUT2D eigenvalue weighted by Crippen LogP contribution is 2.26. The predicted molar refractivity (Wildman–Crippen MR) is 64.0 cm³/mol. The van der Waals surface area contributed by atoms with E-state index in [0.717, 1.165) is 0 Å². The zero-order valence-electron chi connectivity index (χ0n) is 8.57. The van der Waals surface area contributed by atoms with Crippen LogP contribution in [-0.4, -0.2) is 26.3 Å². The van der Waals surface area contributed by atoms with Gasteiger partial charge in [0.2, 0.25) is 10.0 Å². The van der Waals surface area contributed by atoms with Crippen molar-refractivity contribution >= 4 is 31.6 Å². The normalized spacial score (nSPS) is 12.0. The maximum atomic E-state index is 12.0. The second-order valence-corrected chi connectivity index (χ2v) is 5.98. The summed E-state index contributed by atoms with van der Waals surface area (Å²) < 4.78 is 25.7. The first-order valence-corrected chi connectivity index (χ1v) is 6.64. The zero-order chi connectivity index (χ0) is 11.6. The van der Waals surface area contributed by atoms with Crippen molar-refractivity contribution in [2.24, 2.45) is 0 Å². The molecule has 0 bridgehead atoms. The molecule has 0 aliphatic rings. The number of nitrogens with zero attached hydrogens (tertiary/aromatic N) is 1. The van der Waals surface area contributed by atoms with Gasteiger partial charge in [0.25, 0.3) is 0 Å². The Morgan fingerprint density at radius 3 is 2.60 bits per heavy atom. The van der Waals surface area contributed by atoms with Gasteiger partial charge in [0.05, 0.1) is 4.90 Å². The lowest BCUT2D eigenvalue weighted by atomic mass is 10.3. The number of halogens is 1. The molecular formula is C9H13BrN2O2S. The third kappa shape index (κ3) is 2.50. The molecule has 0 fully saturated rings. The van der Waals surface area contributed by atoms with Crippen molar-refractivity contribution in [2.45, 2.75) is 11.8 Å². The lowest BCUT2D eigenvalue weighted by Crippen LogP contribution is -2.26. The Hall–Kier alpha value is -0.590. The number of nitrogen functional groups attached to an aromatic ring is 1. The summed E-state index contributed by atoms with van der Waals surface area (Å²) >= 11 is 3.20. The molecule has 0 aliphatic heterocycles. The molecule has 0 unspecified atom stereocenters. The molecule has 1 rings (SSSR count). The number of benzene rings is 1. The topological polar surface area (TPSA) is 63.4 Å². The Morgan fingerprint density at radius 2 is 2.07 bits per heavy atom. The van der Waals surface area contributed by atoms with E-state index in [4.69, 9.17) is 5.73 Å². The van der Waals surface area contributed by atoms with Gasteiger partial charge < -0.3 is 5.73 Å². The van der Waals surface area contributed by atoms with Crippen LogP contribution in [0.2, 0.25) is 0 Å². The highest BCUT2D eigenvalue weighted by atomic mass is 79.9. The van der Waals surface area contributed by atoms with Gasteiger partial charge >= 0.3 is 0 Å². The van der Waals surface area contributed by atoms with Gasteiger partial charge in [0.15, 0.2) is 0 Å². The van der Waals surface area contributed by atoms with Crippen molar-refractivity contribution in [3.63, 3.8) is 0 Å². The molecule has 0 aromatic heterocycles. The summed E-state index contributed by atoms with van der Waals surface area (Å²) in [6, 6.07) is 4.73. The first-order valence-electron chi connectivity index (χ1n) is 4.41. The van der Waals surface area contributed by atoms with E-state index in [0.29, 0.717) is 16.7 Å². The highest BCUT2D eigenvalue weighted by Gasteiger charge is 2.22. The van der Waals surface area contributed by atoms with Crippen molar-refractivity contribution in [3.8, 4) is 0 Å². The summed E-state index contributed by atoms with van der Waals surface area (Å²) in [6.07, 6.45) is 0. The monoisotopic (exact) mass is 292 g/mol. The van der Waals surface area contributed by atoms with Crippen LogP contribution in [0.5, 0.6) is 0 Å². The summed E-state index contributed by atoms with van der Waals surface area (Å²) in [5.74, 6) is 0. The minimum Gasteiger partial charge on any atom is -0.399 e. The largest absolute Gasteiger partial charge is 0.399 e. The van der Waals surface area contributed by atoms with Crippen molar-refractivity contribution in [1.82, 2.24) is 4.31 Å². The Bertz CT molecular complexity index is 459. The van der Waals surface area contributed by atoms with Gasteiger partial charge in [-0.15, -0.1) is 0 Å². The molecule has 15 heavy (non-hydrogen) atoms. The number of sulfonamides is 1. The second kappa shape index (κ2) is 4.51. The fourth-order valence-electron chi connectivity index (χ4n) is 1.06. The molecular weight excluding hydrogens is 280 g/mol. The number of rotatable bonds is 3. The molecule has 1 aromatic carbocycles. The van der Waals surface area contributed by atoms with Crippen LogP contribution in [0.3, 0.4) is 0 Å². The number of anilines is 1. The van der Waals surface area contributed by atoms with Gasteiger partial charge in [0.1, 0.15) is 0 Å². The quantitative estimate of drug-likeness (QED) is 0.862. The average molecular weight is 293 g/mol. The van der Waals surface area contributed by atoms with Gasteiger partial charge in [0, 0.05) is 23.8 Å². The summed E-state index contributed by atoms with van der Waals surface area (Å²) in [6.45, 7) is 2.20. The molecule has 0 heterocycles. The maximum Gasteiger partial charge on any atom is 0.244 e. The zero-order valence-corrected chi connectivity index (χ0v) is 11.0. The summed E-state index contributed by atoms with van der Waals surface area (Å²) in [5, 5.41) is 0. The van der Waals surface area contributed by atoms with E-state index in [-0.39, 0.29) is 4.90 Å². The van der Waals surface area contributed by atoms with Crippen LogP contribution in [0.1, 0.15) is 6.92 Å². The van der Waals surface area contributed by atoms with Crippen LogP contribution in [0.4, 0.5) is 5.69 Å². The van der Waals surface area contributed by atoms with E-state index in [1.54, 1.807) is 19.1 Å². The van der Waals surface area contributed by atoms with E-state index in [9.17, 15) is 8.42 Å². The Balaban J connectivity index is 3.33. The van der Waals surface area contributed by atoms with Gasteiger partial charge in [-0.1, -0.05) is 6.92 Å². The molecule has 0 spiro atoms.